The standard InChI is InChI=1S/C59H76F3N9O6/c1-35(2)77-52-30-45(36(3)27-50(52)69-53-31-49(47(32-64-53)59(60,61)62)68-48-17-13-12-16-44(48)55(74)63-9)40-22-25-70(26-23-40)24-14-10-11-15-42(72)28-46(58(6,7)8)57(76)71-33-43(73)29-51(71)56(75)67-37(4)39-18-20-41(21-19-39)54-38(5)65-34-66-54/h12-13,16-21,27,30-32,34-35,37,40,43,46,51,73H,10-11,14-15,22-26,28-29,33H2,1-9H3,(H,63,74)(H,65,66)(H,67,75)(H2,64,68,69)/t37-,43+,46+,51-/m0/s1. The molecule has 0 aliphatic carbocycles. The fraction of sp³-hybridized carbons (Fsp3) is 0.492. The van der Waals surface area contributed by atoms with Crippen LogP contribution in [0.1, 0.15) is 143 Å². The third kappa shape index (κ3) is 14.8. The summed E-state index contributed by atoms with van der Waals surface area (Å²) in [6.07, 6.45) is 1.57. The Bertz CT molecular complexity index is 2860. The average molecular weight is 1060 g/mol. The van der Waals surface area contributed by atoms with Gasteiger partial charge in [-0.3, -0.25) is 19.2 Å². The molecule has 4 atom stereocenters. The number of aliphatic hydroxyl groups excluding tert-OH is 1. The zero-order valence-corrected chi connectivity index (χ0v) is 45.9. The summed E-state index contributed by atoms with van der Waals surface area (Å²) in [6.45, 7) is 18.2. The number of benzene rings is 3. The van der Waals surface area contributed by atoms with Crippen LogP contribution in [0.3, 0.4) is 0 Å². The van der Waals surface area contributed by atoms with Gasteiger partial charge >= 0.3 is 6.18 Å². The summed E-state index contributed by atoms with van der Waals surface area (Å²) in [5.74, 6) is -0.735. The Morgan fingerprint density at radius 3 is 2.25 bits per heavy atom. The molecule has 2 aromatic heterocycles. The molecule has 18 heteroatoms. The summed E-state index contributed by atoms with van der Waals surface area (Å²) in [7, 11) is 1.45. The number of halogens is 3. The number of carbonyl (C=O) groups is 4. The van der Waals surface area contributed by atoms with E-state index in [9.17, 15) is 37.5 Å². The van der Waals surface area contributed by atoms with Gasteiger partial charge in [-0.05, 0) is 132 Å². The number of hydrogen-bond donors (Lipinski definition) is 6. The maximum absolute atomic E-state index is 14.3. The number of nitrogens with one attached hydrogen (secondary N) is 5. The van der Waals surface area contributed by atoms with E-state index in [4.69, 9.17) is 4.74 Å². The van der Waals surface area contributed by atoms with Crippen LogP contribution in [0.15, 0.2) is 79.3 Å². The number of hydrogen-bond acceptors (Lipinski definition) is 11. The Morgan fingerprint density at radius 2 is 1.60 bits per heavy atom. The van der Waals surface area contributed by atoms with Crippen LogP contribution in [0.2, 0.25) is 0 Å². The van der Waals surface area contributed by atoms with E-state index in [-0.39, 0.29) is 77.8 Å². The van der Waals surface area contributed by atoms with E-state index < -0.39 is 41.1 Å². The second-order valence-corrected chi connectivity index (χ2v) is 22.1. The molecule has 3 aromatic carbocycles. The van der Waals surface area contributed by atoms with E-state index in [2.05, 4.69) is 41.1 Å². The number of pyridine rings is 1. The molecule has 4 heterocycles. The molecule has 2 aliphatic rings. The summed E-state index contributed by atoms with van der Waals surface area (Å²) in [6, 6.07) is 18.2. The average Bonchev–Trinajstić information content (AvgIpc) is 4.00. The first-order valence-electron chi connectivity index (χ1n) is 26.9. The van der Waals surface area contributed by atoms with Crippen molar-refractivity contribution in [3.05, 3.63) is 113 Å². The summed E-state index contributed by atoms with van der Waals surface area (Å²) in [4.78, 5) is 69.7. The van der Waals surface area contributed by atoms with Gasteiger partial charge < -0.3 is 45.9 Å². The number of para-hydroxylation sites is 1. The second kappa shape index (κ2) is 25.1. The van der Waals surface area contributed by atoms with E-state index in [0.29, 0.717) is 24.3 Å². The Balaban J connectivity index is 0.893. The van der Waals surface area contributed by atoms with Gasteiger partial charge in [-0.1, -0.05) is 63.6 Å². The summed E-state index contributed by atoms with van der Waals surface area (Å²) >= 11 is 0. The molecular weight excluding hydrogens is 988 g/mol. The van der Waals surface area contributed by atoms with Crippen LogP contribution in [0, 0.1) is 25.2 Å². The minimum Gasteiger partial charge on any atom is -0.489 e. The number of nitrogens with zero attached hydrogens (tertiary/aromatic N) is 4. The molecule has 3 amide bonds. The van der Waals surface area contributed by atoms with Gasteiger partial charge in [0.05, 0.1) is 58.5 Å². The van der Waals surface area contributed by atoms with Gasteiger partial charge in [-0.2, -0.15) is 13.2 Å². The van der Waals surface area contributed by atoms with Crippen molar-refractivity contribution in [3.63, 3.8) is 0 Å². The fourth-order valence-electron chi connectivity index (χ4n) is 10.5. The van der Waals surface area contributed by atoms with Crippen LogP contribution in [-0.2, 0) is 20.6 Å². The number of ether oxygens (including phenoxy) is 1. The molecule has 2 aliphatic heterocycles. The Labute approximate surface area is 450 Å². The van der Waals surface area contributed by atoms with Crippen molar-refractivity contribution < 1.29 is 42.2 Å². The summed E-state index contributed by atoms with van der Waals surface area (Å²) in [5, 5.41) is 22.4. The minimum atomic E-state index is -4.72. The van der Waals surface area contributed by atoms with Crippen LogP contribution in [0.4, 0.5) is 36.1 Å². The highest BCUT2D eigenvalue weighted by Crippen LogP contribution is 2.41. The SMILES string of the molecule is CNC(=O)c1ccccc1Nc1cc(Nc2cc(C)c(C3CCN(CCCCCC(=O)C[C@H](C(=O)N4C[C@H](O)C[C@H]4C(=O)N[C@@H](C)c4ccc(-c5nc[nH]c5C)cc4)C(C)(C)C)CC3)cc2OC(C)C)ncc1C(F)(F)F. The first kappa shape index (κ1) is 57.9. The van der Waals surface area contributed by atoms with Crippen molar-refractivity contribution in [2.75, 3.05) is 43.9 Å². The van der Waals surface area contributed by atoms with E-state index in [1.54, 1.807) is 24.5 Å². The highest BCUT2D eigenvalue weighted by Gasteiger charge is 2.45. The Kier molecular flexibility index (Phi) is 18.9. The van der Waals surface area contributed by atoms with E-state index in [0.717, 1.165) is 85.2 Å². The number of aliphatic hydroxyl groups is 1. The number of β-amino-alcohol motifs (C(OH)–C–C–N with tert-alkyl or cyclic N) is 1. The molecule has 0 spiro atoms. The van der Waals surface area contributed by atoms with Crippen molar-refractivity contribution in [1.82, 2.24) is 35.4 Å². The fourth-order valence-corrected chi connectivity index (χ4v) is 10.5. The van der Waals surface area contributed by atoms with Crippen molar-refractivity contribution in [3.8, 4) is 17.0 Å². The molecule has 2 saturated heterocycles. The number of rotatable bonds is 21. The number of imidazole rings is 1. The molecule has 0 saturated carbocycles. The topological polar surface area (TPSA) is 194 Å². The minimum absolute atomic E-state index is 0.0115. The number of Topliss-reactive ketones (excluding diaryl/α,β-unsaturated/α-hetero) is 1. The molecular formula is C59H76F3N9O6. The second-order valence-electron chi connectivity index (χ2n) is 22.1. The molecule has 15 nitrogen and oxygen atoms in total. The number of H-pyrrole nitrogens is 1. The lowest BCUT2D eigenvalue weighted by Gasteiger charge is -2.35. The first-order valence-corrected chi connectivity index (χ1v) is 26.9. The molecule has 0 bridgehead atoms. The van der Waals surface area contributed by atoms with E-state index in [1.165, 1.54) is 24.1 Å². The third-order valence-corrected chi connectivity index (χ3v) is 14.8. The zero-order valence-electron chi connectivity index (χ0n) is 45.9. The number of aryl methyl sites for hydroxylation is 2. The Morgan fingerprint density at radius 1 is 0.883 bits per heavy atom. The molecule has 2 fully saturated rings. The normalized spacial score (nSPS) is 17.2. The monoisotopic (exact) mass is 1060 g/mol. The predicted molar refractivity (Wildman–Crippen MR) is 293 cm³/mol. The molecule has 7 rings (SSSR count). The molecule has 6 N–H and O–H groups in total. The van der Waals surface area contributed by atoms with Crippen LogP contribution < -0.4 is 26.0 Å². The lowest BCUT2D eigenvalue weighted by Crippen LogP contribution is -2.50. The number of aromatic amines is 1. The largest absolute Gasteiger partial charge is 0.489 e. The predicted octanol–water partition coefficient (Wildman–Crippen LogP) is 10.9. The van der Waals surface area contributed by atoms with Gasteiger partial charge in [0.15, 0.2) is 0 Å². The maximum Gasteiger partial charge on any atom is 0.419 e. The van der Waals surface area contributed by atoms with Crippen LogP contribution in [0.5, 0.6) is 5.75 Å². The Hall–Kier alpha value is -6.79. The lowest BCUT2D eigenvalue weighted by atomic mass is 9.76. The lowest BCUT2D eigenvalue weighted by molar-refractivity contribution is -0.146. The zero-order chi connectivity index (χ0) is 55.8. The van der Waals surface area contributed by atoms with Gasteiger partial charge in [0.2, 0.25) is 11.8 Å². The van der Waals surface area contributed by atoms with Gasteiger partial charge in [-0.15, -0.1) is 0 Å². The number of carbonyl (C=O) groups excluding carboxylic acids is 4. The molecule has 77 heavy (non-hydrogen) atoms. The third-order valence-electron chi connectivity index (χ3n) is 14.8. The van der Waals surface area contributed by atoms with Crippen LogP contribution in [-0.4, -0.2) is 105 Å². The number of alkyl halides is 3. The quantitative estimate of drug-likeness (QED) is 0.0383. The number of likely N-dealkylation sites (tertiary alicyclic amines) is 2. The van der Waals surface area contributed by atoms with Crippen LogP contribution in [0.25, 0.3) is 11.3 Å². The number of aromatic nitrogens is 3. The van der Waals surface area contributed by atoms with Crippen molar-refractivity contribution >= 4 is 46.4 Å². The maximum atomic E-state index is 14.3. The molecule has 0 unspecified atom stereocenters. The van der Waals surface area contributed by atoms with E-state index >= 15 is 0 Å². The van der Waals surface area contributed by atoms with Gasteiger partial charge in [0.1, 0.15) is 23.4 Å². The van der Waals surface area contributed by atoms with Crippen molar-refractivity contribution in [1.29, 1.82) is 0 Å². The highest BCUT2D eigenvalue weighted by molar-refractivity contribution is 6.00. The van der Waals surface area contributed by atoms with E-state index in [1.807, 2.05) is 91.8 Å². The number of piperidine rings is 1. The van der Waals surface area contributed by atoms with Gasteiger partial charge in [0.25, 0.3) is 5.91 Å². The van der Waals surface area contributed by atoms with Gasteiger partial charge in [-0.25, -0.2) is 9.97 Å². The number of ketones is 1. The molecule has 0 radical (unpaired) electrons. The summed E-state index contributed by atoms with van der Waals surface area (Å²) < 4.78 is 49.1. The molecule has 414 valence electrons. The molecule has 5 aromatic rings. The first-order chi connectivity index (χ1) is 36.5. The van der Waals surface area contributed by atoms with Crippen molar-refractivity contribution in [2.45, 2.75) is 143 Å². The van der Waals surface area contributed by atoms with Crippen LogP contribution >= 0.6 is 0 Å². The highest BCUT2D eigenvalue weighted by atomic mass is 19.4. The summed E-state index contributed by atoms with van der Waals surface area (Å²) in [5.41, 5.74) is 4.98. The smallest absolute Gasteiger partial charge is 0.419 e. The number of unbranched alkanes of at least 4 members (excludes halogenated alkanes) is 2. The number of anilines is 4. The number of amides is 3. The van der Waals surface area contributed by atoms with Crippen molar-refractivity contribution in [2.24, 2.45) is 11.3 Å². The van der Waals surface area contributed by atoms with Gasteiger partial charge in [0, 0.05) is 62.3 Å².